The minimum atomic E-state index is -0.0893. The Labute approximate surface area is 136 Å². The summed E-state index contributed by atoms with van der Waals surface area (Å²) in [5.74, 6) is 0.169. The molecule has 2 rings (SSSR count). The average molecular weight is 292 g/mol. The van der Waals surface area contributed by atoms with Gasteiger partial charge in [0.2, 0.25) is 0 Å². The quantitative estimate of drug-likeness (QED) is 0.636. The average Bonchev–Trinajstić information content (AvgIpc) is 2.30. The fraction of sp³-hybridized carbons (Fsp3) is 0.533. The molecule has 1 aliphatic carbocycles. The molecular weight excluding hydrogens is 270 g/mol. The van der Waals surface area contributed by atoms with Crippen LogP contribution in [0, 0.1) is 11.3 Å². The summed E-state index contributed by atoms with van der Waals surface area (Å²) in [4.78, 5) is 0. The monoisotopic (exact) mass is 291 g/mol. The van der Waals surface area contributed by atoms with Crippen LogP contribution in [-0.2, 0) is 5.41 Å². The second-order valence-electron chi connectivity index (χ2n) is 5.41. The van der Waals surface area contributed by atoms with Gasteiger partial charge in [-0.25, -0.2) is 0 Å². The Morgan fingerprint density at radius 3 is 2.37 bits per heavy atom. The van der Waals surface area contributed by atoms with E-state index >= 15 is 0 Å². The van der Waals surface area contributed by atoms with Crippen molar-refractivity contribution in [2.24, 2.45) is 5.92 Å². The number of benzene rings is 1. The van der Waals surface area contributed by atoms with Crippen molar-refractivity contribution in [1.29, 1.82) is 5.41 Å². The molecule has 2 N–H and O–H groups in total. The molecule has 0 bridgehead atoms. The standard InChI is InChI=1S/C15H20ClNO.Mg.2H/c1-11(10-18)9-14(17)15(7-2-8-15)12-3-5-13(16)6-4-12;;;/h3-6,11,17-18H,2,7-10H2,1H3;;;/t11-;;;/m0.../s1. The zero-order valence-corrected chi connectivity index (χ0v) is 11.5. The predicted octanol–water partition coefficient (Wildman–Crippen LogP) is 2.88. The Balaban J connectivity index is 0.00000180. The van der Waals surface area contributed by atoms with Gasteiger partial charge in [-0.15, -0.1) is 0 Å². The van der Waals surface area contributed by atoms with Gasteiger partial charge in [0, 0.05) is 22.8 Å². The fourth-order valence-corrected chi connectivity index (χ4v) is 2.80. The first-order chi connectivity index (χ1) is 8.58. The van der Waals surface area contributed by atoms with Crippen molar-refractivity contribution in [3.8, 4) is 0 Å². The van der Waals surface area contributed by atoms with E-state index in [0.29, 0.717) is 6.42 Å². The van der Waals surface area contributed by atoms with Crippen molar-refractivity contribution in [3.05, 3.63) is 34.9 Å². The molecule has 1 aromatic rings. The summed E-state index contributed by atoms with van der Waals surface area (Å²) in [5, 5.41) is 18.2. The van der Waals surface area contributed by atoms with E-state index in [1.54, 1.807) is 0 Å². The number of hydrogen-bond acceptors (Lipinski definition) is 2. The molecule has 0 saturated heterocycles. The van der Waals surface area contributed by atoms with E-state index < -0.39 is 0 Å². The van der Waals surface area contributed by atoms with Crippen LogP contribution in [0.3, 0.4) is 0 Å². The van der Waals surface area contributed by atoms with Gasteiger partial charge in [-0.3, -0.25) is 0 Å². The molecule has 1 atom stereocenters. The molecule has 0 radical (unpaired) electrons. The van der Waals surface area contributed by atoms with Gasteiger partial charge >= 0.3 is 23.1 Å². The van der Waals surface area contributed by atoms with Crippen LogP contribution in [0.1, 0.15) is 38.2 Å². The Hall–Kier alpha value is -0.0938. The molecule has 2 nitrogen and oxygen atoms in total. The van der Waals surface area contributed by atoms with Crippen LogP contribution in [-0.4, -0.2) is 40.5 Å². The highest BCUT2D eigenvalue weighted by Gasteiger charge is 2.42. The summed E-state index contributed by atoms with van der Waals surface area (Å²) in [6.07, 6.45) is 3.95. The van der Waals surface area contributed by atoms with Gasteiger partial charge < -0.3 is 10.5 Å². The topological polar surface area (TPSA) is 44.1 Å². The first-order valence-corrected chi connectivity index (χ1v) is 6.91. The summed E-state index contributed by atoms with van der Waals surface area (Å²) < 4.78 is 0. The number of aliphatic hydroxyl groups excluding tert-OH is 1. The van der Waals surface area contributed by atoms with Gasteiger partial charge in [0.1, 0.15) is 0 Å². The number of halogens is 1. The maximum absolute atomic E-state index is 9.13. The lowest BCUT2D eigenvalue weighted by molar-refractivity contribution is 0.236. The maximum Gasteiger partial charge on any atom is 0.316 e. The number of rotatable bonds is 5. The van der Waals surface area contributed by atoms with E-state index in [1.807, 2.05) is 31.2 Å². The predicted molar refractivity (Wildman–Crippen MR) is 84.1 cm³/mol. The van der Waals surface area contributed by atoms with Crippen LogP contribution >= 0.6 is 11.6 Å². The molecule has 19 heavy (non-hydrogen) atoms. The molecule has 102 valence electrons. The van der Waals surface area contributed by atoms with Crippen molar-refractivity contribution in [2.75, 3.05) is 6.61 Å². The molecule has 0 spiro atoms. The molecule has 1 aromatic carbocycles. The smallest absolute Gasteiger partial charge is 0.316 e. The van der Waals surface area contributed by atoms with Crippen molar-refractivity contribution in [3.63, 3.8) is 0 Å². The molecule has 0 unspecified atom stereocenters. The van der Waals surface area contributed by atoms with Crippen molar-refractivity contribution < 1.29 is 5.11 Å². The molecule has 1 saturated carbocycles. The van der Waals surface area contributed by atoms with E-state index in [2.05, 4.69) is 0 Å². The van der Waals surface area contributed by atoms with Gasteiger partial charge in [-0.2, -0.15) is 0 Å². The van der Waals surface area contributed by atoms with Crippen LogP contribution in [0.25, 0.3) is 0 Å². The zero-order chi connectivity index (χ0) is 13.2. The third-order valence-corrected chi connectivity index (χ3v) is 4.30. The van der Waals surface area contributed by atoms with E-state index in [1.165, 1.54) is 12.0 Å². The highest BCUT2D eigenvalue weighted by molar-refractivity contribution is 6.30. The van der Waals surface area contributed by atoms with Crippen LogP contribution in [0.4, 0.5) is 0 Å². The van der Waals surface area contributed by atoms with Gasteiger partial charge in [0.15, 0.2) is 0 Å². The van der Waals surface area contributed by atoms with Gasteiger partial charge in [0.25, 0.3) is 0 Å². The highest BCUT2D eigenvalue weighted by Crippen LogP contribution is 2.46. The Kier molecular flexibility index (Phi) is 6.31. The summed E-state index contributed by atoms with van der Waals surface area (Å²) in [7, 11) is 0. The van der Waals surface area contributed by atoms with Crippen LogP contribution in [0.15, 0.2) is 24.3 Å². The first-order valence-electron chi connectivity index (χ1n) is 6.53. The van der Waals surface area contributed by atoms with Gasteiger partial charge in [0.05, 0.1) is 0 Å². The highest BCUT2D eigenvalue weighted by atomic mass is 35.5. The maximum atomic E-state index is 9.13. The Morgan fingerprint density at radius 1 is 1.37 bits per heavy atom. The molecule has 0 aromatic heterocycles. The van der Waals surface area contributed by atoms with E-state index in [9.17, 15) is 0 Å². The summed E-state index contributed by atoms with van der Waals surface area (Å²) in [6, 6.07) is 7.89. The molecule has 4 heteroatoms. The normalized spacial score (nSPS) is 18.1. The molecule has 0 aliphatic heterocycles. The lowest BCUT2D eigenvalue weighted by Crippen LogP contribution is -2.42. The summed E-state index contributed by atoms with van der Waals surface area (Å²) in [6.45, 7) is 2.14. The molecule has 0 heterocycles. The lowest BCUT2D eigenvalue weighted by Gasteiger charge is -2.43. The van der Waals surface area contributed by atoms with E-state index in [4.69, 9.17) is 22.1 Å². The minimum absolute atomic E-state index is 0. The first kappa shape index (κ1) is 17.0. The largest absolute Gasteiger partial charge is 0.396 e. The third-order valence-electron chi connectivity index (χ3n) is 4.05. The number of nitrogens with one attached hydrogen (secondary N) is 1. The minimum Gasteiger partial charge on any atom is -0.396 e. The summed E-state index contributed by atoms with van der Waals surface area (Å²) in [5.41, 5.74) is 1.87. The fourth-order valence-electron chi connectivity index (χ4n) is 2.67. The van der Waals surface area contributed by atoms with E-state index in [0.717, 1.165) is 23.6 Å². The van der Waals surface area contributed by atoms with Gasteiger partial charge in [-0.1, -0.05) is 37.1 Å². The SMILES string of the molecule is C[C@H](CO)CC(=N)C1(c2ccc(Cl)cc2)CCC1.[MgH2]. The van der Waals surface area contributed by atoms with Gasteiger partial charge in [-0.05, 0) is 42.9 Å². The third kappa shape index (κ3) is 3.51. The molecular formula is C15H22ClMgNO. The second kappa shape index (κ2) is 7.07. The molecule has 1 aliphatic rings. The zero-order valence-electron chi connectivity index (χ0n) is 10.7. The number of hydrogen-bond donors (Lipinski definition) is 2. The second-order valence-corrected chi connectivity index (χ2v) is 5.85. The van der Waals surface area contributed by atoms with Crippen LogP contribution in [0.5, 0.6) is 0 Å². The van der Waals surface area contributed by atoms with Crippen molar-refractivity contribution in [1.82, 2.24) is 0 Å². The summed E-state index contributed by atoms with van der Waals surface area (Å²) >= 11 is 5.92. The Morgan fingerprint density at radius 2 is 1.95 bits per heavy atom. The van der Waals surface area contributed by atoms with Crippen LogP contribution in [0.2, 0.25) is 5.02 Å². The lowest BCUT2D eigenvalue weighted by atomic mass is 9.60. The molecule has 1 fully saturated rings. The van der Waals surface area contributed by atoms with E-state index in [-0.39, 0.29) is 41.0 Å². The van der Waals surface area contributed by atoms with Crippen LogP contribution < -0.4 is 0 Å². The van der Waals surface area contributed by atoms with Crippen molar-refractivity contribution in [2.45, 2.75) is 38.0 Å². The Bertz CT molecular complexity index is 428. The number of aliphatic hydroxyl groups is 1. The molecule has 0 amide bonds. The van der Waals surface area contributed by atoms with Crippen molar-refractivity contribution >= 4 is 40.4 Å².